The van der Waals surface area contributed by atoms with Crippen LogP contribution in [-0.4, -0.2) is 57.8 Å². The molecule has 0 radical (unpaired) electrons. The molecule has 0 saturated carbocycles. The van der Waals surface area contributed by atoms with Gasteiger partial charge in [0.05, 0.1) is 12.2 Å². The van der Waals surface area contributed by atoms with Gasteiger partial charge in [0.1, 0.15) is 0 Å². The van der Waals surface area contributed by atoms with Crippen LogP contribution in [0.4, 0.5) is 0 Å². The van der Waals surface area contributed by atoms with Crippen LogP contribution in [0.5, 0.6) is 0 Å². The first-order valence-corrected chi connectivity index (χ1v) is 9.15. The second-order valence-corrected chi connectivity index (χ2v) is 9.60. The third kappa shape index (κ3) is 3.80. The third-order valence-electron chi connectivity index (χ3n) is 5.53. The molecule has 1 unspecified atom stereocenters. The first kappa shape index (κ1) is 17.0. The zero-order valence-corrected chi connectivity index (χ0v) is 15.8. The van der Waals surface area contributed by atoms with E-state index < -0.39 is 0 Å². The largest absolute Gasteiger partial charge is 0.299 e. The predicted octanol–water partition coefficient (Wildman–Crippen LogP) is 3.16. The second kappa shape index (κ2) is 5.89. The fourth-order valence-corrected chi connectivity index (χ4v) is 3.74. The van der Waals surface area contributed by atoms with Crippen molar-refractivity contribution in [1.82, 2.24) is 19.6 Å². The minimum absolute atomic E-state index is 0.196. The Balaban J connectivity index is 1.46. The van der Waals surface area contributed by atoms with Gasteiger partial charge >= 0.3 is 0 Å². The van der Waals surface area contributed by atoms with Crippen LogP contribution in [0.2, 0.25) is 0 Å². The number of aromatic nitrogens is 2. The van der Waals surface area contributed by atoms with Crippen LogP contribution in [0.3, 0.4) is 0 Å². The average molecular weight is 319 g/mol. The average Bonchev–Trinajstić information content (AvgIpc) is 3.00. The molecule has 0 N–H and O–H groups in total. The number of hydrogen-bond donors (Lipinski definition) is 0. The summed E-state index contributed by atoms with van der Waals surface area (Å²) in [4.78, 5) is 5.25. The van der Waals surface area contributed by atoms with Gasteiger partial charge in [-0.2, -0.15) is 5.10 Å². The molecule has 4 nitrogen and oxygen atoms in total. The fourth-order valence-electron chi connectivity index (χ4n) is 3.74. The molecule has 0 aliphatic carbocycles. The minimum atomic E-state index is 0.196. The standard InChI is InChI=1S/C19H34N4/c1-18(2,3)16-9-20-23(12-16)17-13-21(14-17)10-15-7-8-22(11-15)19(4,5)6/h9,12,15,17H,7-8,10-11,13-14H2,1-6H3. The number of hydrogen-bond acceptors (Lipinski definition) is 3. The van der Waals surface area contributed by atoms with Crippen LogP contribution in [0.1, 0.15) is 59.6 Å². The monoisotopic (exact) mass is 318 g/mol. The molecule has 2 aliphatic rings. The highest BCUT2D eigenvalue weighted by Crippen LogP contribution is 2.29. The summed E-state index contributed by atoms with van der Waals surface area (Å²) in [6, 6.07) is 0.575. The van der Waals surface area contributed by atoms with Crippen molar-refractivity contribution in [3.8, 4) is 0 Å². The number of rotatable bonds is 3. The van der Waals surface area contributed by atoms with Gasteiger partial charge in [0.15, 0.2) is 0 Å². The van der Waals surface area contributed by atoms with E-state index in [0.29, 0.717) is 11.6 Å². The molecular weight excluding hydrogens is 284 g/mol. The molecule has 2 fully saturated rings. The quantitative estimate of drug-likeness (QED) is 0.855. The van der Waals surface area contributed by atoms with Crippen LogP contribution in [0.15, 0.2) is 12.4 Å². The Morgan fingerprint density at radius 3 is 2.30 bits per heavy atom. The van der Waals surface area contributed by atoms with E-state index in [2.05, 4.69) is 67.3 Å². The maximum Gasteiger partial charge on any atom is 0.0772 e. The molecule has 2 saturated heterocycles. The summed E-state index contributed by atoms with van der Waals surface area (Å²) in [6.07, 6.45) is 5.65. The minimum Gasteiger partial charge on any atom is -0.299 e. The van der Waals surface area contributed by atoms with Gasteiger partial charge in [0, 0.05) is 37.9 Å². The SMILES string of the molecule is CC(C)(C)c1cnn(C2CN(CC3CCN(C(C)(C)C)C3)C2)c1. The summed E-state index contributed by atoms with van der Waals surface area (Å²) in [6.45, 7) is 19.9. The molecule has 0 aromatic carbocycles. The zero-order chi connectivity index (χ0) is 16.8. The molecule has 2 aliphatic heterocycles. The predicted molar refractivity (Wildman–Crippen MR) is 95.8 cm³/mol. The van der Waals surface area contributed by atoms with Crippen molar-refractivity contribution in [3.05, 3.63) is 18.0 Å². The Hall–Kier alpha value is -0.870. The smallest absolute Gasteiger partial charge is 0.0772 e. The highest BCUT2D eigenvalue weighted by molar-refractivity contribution is 5.16. The van der Waals surface area contributed by atoms with E-state index in [4.69, 9.17) is 0 Å². The van der Waals surface area contributed by atoms with E-state index in [9.17, 15) is 0 Å². The first-order chi connectivity index (χ1) is 10.6. The maximum atomic E-state index is 4.60. The van der Waals surface area contributed by atoms with Gasteiger partial charge < -0.3 is 0 Å². The van der Waals surface area contributed by atoms with Gasteiger partial charge in [0.25, 0.3) is 0 Å². The van der Waals surface area contributed by atoms with E-state index in [1.165, 1.54) is 31.6 Å². The van der Waals surface area contributed by atoms with Crippen molar-refractivity contribution in [3.63, 3.8) is 0 Å². The van der Waals surface area contributed by atoms with Crippen molar-refractivity contribution in [2.45, 2.75) is 65.0 Å². The van der Waals surface area contributed by atoms with Gasteiger partial charge in [-0.3, -0.25) is 14.5 Å². The van der Waals surface area contributed by atoms with Crippen molar-refractivity contribution in [1.29, 1.82) is 0 Å². The van der Waals surface area contributed by atoms with Crippen LogP contribution in [0, 0.1) is 5.92 Å². The summed E-state index contributed by atoms with van der Waals surface area (Å²) < 4.78 is 2.19. The summed E-state index contributed by atoms with van der Waals surface area (Å²) in [5.74, 6) is 0.845. The molecule has 1 atom stereocenters. The molecule has 0 spiro atoms. The Bertz CT molecular complexity index is 528. The van der Waals surface area contributed by atoms with Crippen molar-refractivity contribution in [2.75, 3.05) is 32.7 Å². The number of likely N-dealkylation sites (tertiary alicyclic amines) is 2. The lowest BCUT2D eigenvalue weighted by Crippen LogP contribution is -2.50. The van der Waals surface area contributed by atoms with Gasteiger partial charge in [-0.15, -0.1) is 0 Å². The fraction of sp³-hybridized carbons (Fsp3) is 0.842. The van der Waals surface area contributed by atoms with Crippen molar-refractivity contribution in [2.24, 2.45) is 5.92 Å². The molecule has 3 heterocycles. The molecule has 1 aromatic heterocycles. The molecule has 0 bridgehead atoms. The Labute approximate surface area is 141 Å². The molecule has 130 valence electrons. The van der Waals surface area contributed by atoms with E-state index in [0.717, 1.165) is 19.0 Å². The van der Waals surface area contributed by atoms with Crippen molar-refractivity contribution >= 4 is 0 Å². The Kier molecular flexibility index (Phi) is 4.35. The maximum absolute atomic E-state index is 4.60. The first-order valence-electron chi connectivity index (χ1n) is 9.15. The summed E-state index contributed by atoms with van der Waals surface area (Å²) in [7, 11) is 0. The zero-order valence-electron chi connectivity index (χ0n) is 15.8. The molecular formula is C19H34N4. The van der Waals surface area contributed by atoms with Gasteiger partial charge in [-0.1, -0.05) is 20.8 Å². The lowest BCUT2D eigenvalue weighted by Gasteiger charge is -2.41. The normalized spacial score (nSPS) is 25.0. The number of nitrogens with zero attached hydrogens (tertiary/aromatic N) is 4. The molecule has 23 heavy (non-hydrogen) atoms. The highest BCUT2D eigenvalue weighted by Gasteiger charge is 2.35. The van der Waals surface area contributed by atoms with Gasteiger partial charge in [-0.25, -0.2) is 0 Å². The third-order valence-corrected chi connectivity index (χ3v) is 5.53. The summed E-state index contributed by atoms with van der Waals surface area (Å²) in [5, 5.41) is 4.60. The van der Waals surface area contributed by atoms with Gasteiger partial charge in [-0.05, 0) is 50.6 Å². The lowest BCUT2D eigenvalue weighted by atomic mass is 9.90. The van der Waals surface area contributed by atoms with Crippen LogP contribution < -0.4 is 0 Å². The van der Waals surface area contributed by atoms with E-state index >= 15 is 0 Å². The molecule has 4 heteroatoms. The van der Waals surface area contributed by atoms with Gasteiger partial charge in [0.2, 0.25) is 0 Å². The van der Waals surface area contributed by atoms with Crippen LogP contribution in [0.25, 0.3) is 0 Å². The molecule has 3 rings (SSSR count). The van der Waals surface area contributed by atoms with Crippen molar-refractivity contribution < 1.29 is 0 Å². The van der Waals surface area contributed by atoms with Crippen LogP contribution >= 0.6 is 0 Å². The Morgan fingerprint density at radius 2 is 1.78 bits per heavy atom. The second-order valence-electron chi connectivity index (χ2n) is 9.60. The summed E-state index contributed by atoms with van der Waals surface area (Å²) in [5.41, 5.74) is 1.86. The molecule has 0 amide bonds. The Morgan fingerprint density at radius 1 is 1.09 bits per heavy atom. The van der Waals surface area contributed by atoms with Crippen LogP contribution in [-0.2, 0) is 5.41 Å². The van der Waals surface area contributed by atoms with E-state index in [-0.39, 0.29) is 5.41 Å². The lowest BCUT2D eigenvalue weighted by molar-refractivity contribution is 0.0777. The van der Waals surface area contributed by atoms with E-state index in [1.54, 1.807) is 0 Å². The topological polar surface area (TPSA) is 24.3 Å². The molecule has 1 aromatic rings. The van der Waals surface area contributed by atoms with E-state index in [1.807, 2.05) is 6.20 Å². The highest BCUT2D eigenvalue weighted by atomic mass is 15.4. The summed E-state index contributed by atoms with van der Waals surface area (Å²) >= 11 is 0.